The highest BCUT2D eigenvalue weighted by Crippen LogP contribution is 2.36. The van der Waals surface area contributed by atoms with Crippen LogP contribution in [0.3, 0.4) is 0 Å². The molecule has 0 aliphatic carbocycles. The lowest BCUT2D eigenvalue weighted by Crippen LogP contribution is -2.22. The lowest BCUT2D eigenvalue weighted by Gasteiger charge is -2.19. The molecule has 0 saturated heterocycles. The maximum Gasteiger partial charge on any atom is 0.136 e. The molecule has 4 heteroatoms. The Morgan fingerprint density at radius 3 is 2.41 bits per heavy atom. The lowest BCUT2D eigenvalue weighted by molar-refractivity contribution is 0.387. The topological polar surface area (TPSA) is 44.5 Å². The molecule has 17 heavy (non-hydrogen) atoms. The Morgan fingerprint density at radius 1 is 1.24 bits per heavy atom. The summed E-state index contributed by atoms with van der Waals surface area (Å²) in [6.07, 6.45) is 0. The number of hydrogen-bond donors (Lipinski definition) is 1. The summed E-state index contributed by atoms with van der Waals surface area (Å²) in [5, 5.41) is 0.400. The molecule has 0 saturated carbocycles. The Hall–Kier alpha value is -0.870. The van der Waals surface area contributed by atoms with Crippen molar-refractivity contribution in [2.75, 3.05) is 20.8 Å². The average Bonchev–Trinajstić information content (AvgIpc) is 2.35. The van der Waals surface area contributed by atoms with Crippen molar-refractivity contribution in [3.05, 3.63) is 18.2 Å². The molecule has 0 aliphatic heterocycles. The van der Waals surface area contributed by atoms with Crippen molar-refractivity contribution in [2.24, 2.45) is 11.7 Å². The van der Waals surface area contributed by atoms with Crippen molar-refractivity contribution < 1.29 is 9.47 Å². The summed E-state index contributed by atoms with van der Waals surface area (Å²) in [7, 11) is 3.32. The first-order valence-electron chi connectivity index (χ1n) is 5.71. The molecule has 1 aromatic rings. The largest absolute Gasteiger partial charge is 0.497 e. The first kappa shape index (κ1) is 14.2. The first-order valence-corrected chi connectivity index (χ1v) is 6.59. The highest BCUT2D eigenvalue weighted by Gasteiger charge is 2.15. The van der Waals surface area contributed by atoms with Crippen molar-refractivity contribution in [3.8, 4) is 11.5 Å². The fourth-order valence-electron chi connectivity index (χ4n) is 1.49. The van der Waals surface area contributed by atoms with Gasteiger partial charge in [0.1, 0.15) is 11.5 Å². The van der Waals surface area contributed by atoms with Gasteiger partial charge in [-0.25, -0.2) is 0 Å². The molecule has 0 fully saturated rings. The van der Waals surface area contributed by atoms with E-state index < -0.39 is 0 Å². The summed E-state index contributed by atoms with van der Waals surface area (Å²) in [5.41, 5.74) is 5.78. The van der Waals surface area contributed by atoms with Crippen LogP contribution < -0.4 is 15.2 Å². The monoisotopic (exact) mass is 255 g/mol. The van der Waals surface area contributed by atoms with Gasteiger partial charge in [0.15, 0.2) is 0 Å². The van der Waals surface area contributed by atoms with Gasteiger partial charge >= 0.3 is 0 Å². The number of thioether (sulfide) groups is 1. The molecule has 0 aromatic heterocycles. The van der Waals surface area contributed by atoms with Crippen LogP contribution in [-0.4, -0.2) is 26.0 Å². The van der Waals surface area contributed by atoms with Gasteiger partial charge in [-0.2, -0.15) is 0 Å². The van der Waals surface area contributed by atoms with Crippen LogP contribution in [0.1, 0.15) is 13.8 Å². The number of methoxy groups -OCH3 is 2. The first-order chi connectivity index (χ1) is 8.12. The zero-order valence-electron chi connectivity index (χ0n) is 10.9. The van der Waals surface area contributed by atoms with Crippen molar-refractivity contribution >= 4 is 11.8 Å². The minimum atomic E-state index is 0.400. The van der Waals surface area contributed by atoms with Crippen LogP contribution in [0.2, 0.25) is 0 Å². The Kier molecular flexibility index (Phi) is 5.65. The number of ether oxygens (including phenoxy) is 2. The SMILES string of the molecule is COc1ccc(SC(CN)C(C)C)c(OC)c1. The van der Waals surface area contributed by atoms with Crippen LogP contribution in [0, 0.1) is 5.92 Å². The van der Waals surface area contributed by atoms with E-state index in [4.69, 9.17) is 15.2 Å². The maximum atomic E-state index is 5.78. The fourth-order valence-corrected chi connectivity index (χ4v) is 2.59. The third-order valence-electron chi connectivity index (χ3n) is 2.63. The maximum absolute atomic E-state index is 5.78. The number of benzene rings is 1. The Balaban J connectivity index is 2.89. The van der Waals surface area contributed by atoms with E-state index in [0.29, 0.717) is 17.7 Å². The van der Waals surface area contributed by atoms with Crippen LogP contribution in [0.4, 0.5) is 0 Å². The lowest BCUT2D eigenvalue weighted by atomic mass is 10.1. The van der Waals surface area contributed by atoms with Gasteiger partial charge in [-0.05, 0) is 18.1 Å². The van der Waals surface area contributed by atoms with Gasteiger partial charge in [0.05, 0.1) is 14.2 Å². The molecule has 1 rings (SSSR count). The summed E-state index contributed by atoms with van der Waals surface area (Å²) in [6, 6.07) is 5.86. The Morgan fingerprint density at radius 2 is 1.94 bits per heavy atom. The molecule has 3 nitrogen and oxygen atoms in total. The van der Waals surface area contributed by atoms with Crippen LogP contribution in [0.25, 0.3) is 0 Å². The third-order valence-corrected chi connectivity index (χ3v) is 4.26. The minimum Gasteiger partial charge on any atom is -0.497 e. The van der Waals surface area contributed by atoms with E-state index >= 15 is 0 Å². The Labute approximate surface area is 108 Å². The second-order valence-electron chi connectivity index (χ2n) is 4.15. The van der Waals surface area contributed by atoms with E-state index in [1.807, 2.05) is 18.2 Å². The Bertz CT molecular complexity index is 355. The van der Waals surface area contributed by atoms with E-state index in [-0.39, 0.29) is 0 Å². The second kappa shape index (κ2) is 6.77. The van der Waals surface area contributed by atoms with Crippen molar-refractivity contribution in [1.82, 2.24) is 0 Å². The van der Waals surface area contributed by atoms with Gasteiger partial charge < -0.3 is 15.2 Å². The smallest absolute Gasteiger partial charge is 0.136 e. The molecule has 1 aromatic carbocycles. The van der Waals surface area contributed by atoms with Gasteiger partial charge in [0.2, 0.25) is 0 Å². The zero-order chi connectivity index (χ0) is 12.8. The predicted octanol–water partition coefficient (Wildman–Crippen LogP) is 2.78. The van der Waals surface area contributed by atoms with Crippen molar-refractivity contribution in [2.45, 2.75) is 24.0 Å². The van der Waals surface area contributed by atoms with Gasteiger partial charge in [-0.3, -0.25) is 0 Å². The average molecular weight is 255 g/mol. The summed E-state index contributed by atoms with van der Waals surface area (Å²) < 4.78 is 10.5. The summed E-state index contributed by atoms with van der Waals surface area (Å²) in [6.45, 7) is 5.03. The molecular weight excluding hydrogens is 234 g/mol. The van der Waals surface area contributed by atoms with E-state index in [0.717, 1.165) is 16.4 Å². The van der Waals surface area contributed by atoms with E-state index in [1.54, 1.807) is 26.0 Å². The second-order valence-corrected chi connectivity index (χ2v) is 5.43. The minimum absolute atomic E-state index is 0.400. The molecule has 0 bridgehead atoms. The molecule has 2 N–H and O–H groups in total. The molecule has 0 amide bonds. The predicted molar refractivity (Wildman–Crippen MR) is 73.1 cm³/mol. The van der Waals surface area contributed by atoms with Gasteiger partial charge in [-0.15, -0.1) is 11.8 Å². The highest BCUT2D eigenvalue weighted by molar-refractivity contribution is 8.00. The summed E-state index contributed by atoms with van der Waals surface area (Å²) >= 11 is 1.76. The van der Waals surface area contributed by atoms with Crippen LogP contribution in [-0.2, 0) is 0 Å². The summed E-state index contributed by atoms with van der Waals surface area (Å²) in [5.74, 6) is 2.19. The summed E-state index contributed by atoms with van der Waals surface area (Å²) in [4.78, 5) is 1.11. The molecule has 1 unspecified atom stereocenters. The quantitative estimate of drug-likeness (QED) is 0.794. The molecule has 96 valence electrons. The molecular formula is C13H21NO2S. The van der Waals surface area contributed by atoms with Gasteiger partial charge in [-0.1, -0.05) is 13.8 Å². The number of hydrogen-bond acceptors (Lipinski definition) is 4. The molecule has 0 radical (unpaired) electrons. The van der Waals surface area contributed by atoms with Crippen LogP contribution >= 0.6 is 11.8 Å². The van der Waals surface area contributed by atoms with Gasteiger partial charge in [0, 0.05) is 22.8 Å². The van der Waals surface area contributed by atoms with E-state index in [9.17, 15) is 0 Å². The highest BCUT2D eigenvalue weighted by atomic mass is 32.2. The fraction of sp³-hybridized carbons (Fsp3) is 0.538. The van der Waals surface area contributed by atoms with Crippen LogP contribution in [0.5, 0.6) is 11.5 Å². The van der Waals surface area contributed by atoms with Crippen molar-refractivity contribution in [3.63, 3.8) is 0 Å². The molecule has 0 spiro atoms. The third kappa shape index (κ3) is 3.82. The number of nitrogens with two attached hydrogens (primary N) is 1. The number of rotatable bonds is 6. The molecule has 0 aliphatic rings. The molecule has 0 heterocycles. The standard InChI is InChI=1S/C13H21NO2S/c1-9(2)13(8-14)17-12-6-5-10(15-3)7-11(12)16-4/h5-7,9,13H,8,14H2,1-4H3. The molecule has 1 atom stereocenters. The van der Waals surface area contributed by atoms with Gasteiger partial charge in [0.25, 0.3) is 0 Å². The van der Waals surface area contributed by atoms with E-state index in [2.05, 4.69) is 13.8 Å². The van der Waals surface area contributed by atoms with E-state index in [1.165, 1.54) is 0 Å². The van der Waals surface area contributed by atoms with Crippen LogP contribution in [0.15, 0.2) is 23.1 Å². The zero-order valence-corrected chi connectivity index (χ0v) is 11.7. The normalized spacial score (nSPS) is 12.6. The van der Waals surface area contributed by atoms with Crippen molar-refractivity contribution in [1.29, 1.82) is 0 Å².